The summed E-state index contributed by atoms with van der Waals surface area (Å²) in [4.78, 5) is 10.5. The zero-order valence-electron chi connectivity index (χ0n) is 7.12. The number of aliphatic carboxylic acids is 1. The highest BCUT2D eigenvalue weighted by molar-refractivity contribution is 5.67. The molecule has 1 saturated carbocycles. The Labute approximate surface area is 71.9 Å². The standard InChI is InChI=1S/C8H16N2O2/c9-5-8(4-7(11)12)2-1-6(10)3-8/h6H,1-5,9-10H2,(H,11,12)/t6-,8-/m1/s1. The second-order valence-corrected chi connectivity index (χ2v) is 3.78. The van der Waals surface area contributed by atoms with Crippen LogP contribution in [0, 0.1) is 5.41 Å². The van der Waals surface area contributed by atoms with E-state index in [1.54, 1.807) is 0 Å². The minimum absolute atomic E-state index is 0.146. The average Bonchev–Trinajstić information content (AvgIpc) is 2.32. The van der Waals surface area contributed by atoms with Crippen LogP contribution in [0.3, 0.4) is 0 Å². The number of hydrogen-bond acceptors (Lipinski definition) is 3. The Bertz CT molecular complexity index is 184. The molecule has 0 aliphatic heterocycles. The Morgan fingerprint density at radius 3 is 2.67 bits per heavy atom. The van der Waals surface area contributed by atoms with Crippen LogP contribution in [0.5, 0.6) is 0 Å². The molecule has 1 rings (SSSR count). The molecule has 4 heteroatoms. The predicted molar refractivity (Wildman–Crippen MR) is 45.6 cm³/mol. The van der Waals surface area contributed by atoms with Crippen LogP contribution in [0.4, 0.5) is 0 Å². The molecule has 1 fully saturated rings. The van der Waals surface area contributed by atoms with Gasteiger partial charge in [0.15, 0.2) is 0 Å². The van der Waals surface area contributed by atoms with E-state index in [0.717, 1.165) is 19.3 Å². The zero-order valence-corrected chi connectivity index (χ0v) is 7.12. The fourth-order valence-electron chi connectivity index (χ4n) is 1.99. The van der Waals surface area contributed by atoms with Crippen molar-refractivity contribution in [3.8, 4) is 0 Å². The molecule has 0 spiro atoms. The van der Waals surface area contributed by atoms with Gasteiger partial charge in [0, 0.05) is 6.04 Å². The molecule has 4 nitrogen and oxygen atoms in total. The van der Waals surface area contributed by atoms with Crippen molar-refractivity contribution in [1.82, 2.24) is 0 Å². The largest absolute Gasteiger partial charge is 0.481 e. The third kappa shape index (κ3) is 1.95. The lowest BCUT2D eigenvalue weighted by molar-refractivity contribution is -0.139. The van der Waals surface area contributed by atoms with Gasteiger partial charge in [0.05, 0.1) is 6.42 Å². The molecule has 0 aromatic heterocycles. The summed E-state index contributed by atoms with van der Waals surface area (Å²) in [5, 5.41) is 8.66. The summed E-state index contributed by atoms with van der Waals surface area (Å²) in [6.45, 7) is 0.438. The van der Waals surface area contributed by atoms with Gasteiger partial charge in [0.2, 0.25) is 0 Å². The highest BCUT2D eigenvalue weighted by Gasteiger charge is 2.38. The lowest BCUT2D eigenvalue weighted by Crippen LogP contribution is -2.32. The molecule has 2 atom stereocenters. The van der Waals surface area contributed by atoms with Crippen LogP contribution < -0.4 is 11.5 Å². The Hall–Kier alpha value is -0.610. The van der Waals surface area contributed by atoms with Gasteiger partial charge in [-0.15, -0.1) is 0 Å². The Kier molecular flexibility index (Phi) is 2.69. The first-order chi connectivity index (χ1) is 5.58. The maximum absolute atomic E-state index is 10.5. The molecule has 1 aliphatic carbocycles. The monoisotopic (exact) mass is 172 g/mol. The molecule has 70 valence electrons. The second-order valence-electron chi connectivity index (χ2n) is 3.78. The van der Waals surface area contributed by atoms with Gasteiger partial charge < -0.3 is 16.6 Å². The van der Waals surface area contributed by atoms with E-state index in [0.29, 0.717) is 6.54 Å². The smallest absolute Gasteiger partial charge is 0.303 e. The van der Waals surface area contributed by atoms with E-state index in [2.05, 4.69) is 0 Å². The maximum atomic E-state index is 10.5. The fourth-order valence-corrected chi connectivity index (χ4v) is 1.99. The molecule has 0 aromatic rings. The van der Waals surface area contributed by atoms with E-state index in [-0.39, 0.29) is 17.9 Å². The number of hydrogen-bond donors (Lipinski definition) is 3. The molecular formula is C8H16N2O2. The van der Waals surface area contributed by atoms with Crippen LogP contribution in [0.1, 0.15) is 25.7 Å². The summed E-state index contributed by atoms with van der Waals surface area (Å²) in [6.07, 6.45) is 2.69. The van der Waals surface area contributed by atoms with Crippen molar-refractivity contribution in [1.29, 1.82) is 0 Å². The molecule has 0 saturated heterocycles. The number of carbonyl (C=O) groups is 1. The first kappa shape index (κ1) is 9.48. The van der Waals surface area contributed by atoms with Crippen LogP contribution >= 0.6 is 0 Å². The first-order valence-corrected chi connectivity index (χ1v) is 4.25. The van der Waals surface area contributed by atoms with Gasteiger partial charge in [-0.3, -0.25) is 4.79 Å². The predicted octanol–water partition coefficient (Wildman–Crippen LogP) is -0.0826. The van der Waals surface area contributed by atoms with E-state index in [1.807, 2.05) is 0 Å². The summed E-state index contributed by atoms with van der Waals surface area (Å²) in [5.74, 6) is -0.769. The van der Waals surface area contributed by atoms with Crippen LogP contribution in [-0.4, -0.2) is 23.7 Å². The second kappa shape index (κ2) is 3.41. The van der Waals surface area contributed by atoms with E-state index in [1.165, 1.54) is 0 Å². The van der Waals surface area contributed by atoms with Crippen molar-refractivity contribution < 1.29 is 9.90 Å². The summed E-state index contributed by atoms with van der Waals surface area (Å²) in [5.41, 5.74) is 11.1. The molecule has 0 aromatic carbocycles. The van der Waals surface area contributed by atoms with E-state index in [9.17, 15) is 4.79 Å². The molecule has 0 amide bonds. The van der Waals surface area contributed by atoms with Crippen molar-refractivity contribution in [2.45, 2.75) is 31.7 Å². The highest BCUT2D eigenvalue weighted by Crippen LogP contribution is 2.39. The third-order valence-corrected chi connectivity index (χ3v) is 2.70. The van der Waals surface area contributed by atoms with Crippen LogP contribution in [-0.2, 0) is 4.79 Å². The summed E-state index contributed by atoms with van der Waals surface area (Å²) in [6, 6.07) is 0.146. The van der Waals surface area contributed by atoms with Crippen molar-refractivity contribution in [3.63, 3.8) is 0 Å². The molecule has 12 heavy (non-hydrogen) atoms. The quantitative estimate of drug-likeness (QED) is 0.555. The van der Waals surface area contributed by atoms with Gasteiger partial charge in [-0.2, -0.15) is 0 Å². The molecule has 0 bridgehead atoms. The van der Waals surface area contributed by atoms with Crippen LogP contribution in [0.25, 0.3) is 0 Å². The highest BCUT2D eigenvalue weighted by atomic mass is 16.4. The summed E-state index contributed by atoms with van der Waals surface area (Å²) >= 11 is 0. The van der Waals surface area contributed by atoms with Gasteiger partial charge >= 0.3 is 5.97 Å². The molecule has 0 heterocycles. The third-order valence-electron chi connectivity index (χ3n) is 2.70. The number of carboxylic acids is 1. The maximum Gasteiger partial charge on any atom is 0.303 e. The van der Waals surface area contributed by atoms with Gasteiger partial charge in [0.25, 0.3) is 0 Å². The first-order valence-electron chi connectivity index (χ1n) is 4.25. The Morgan fingerprint density at radius 1 is 1.67 bits per heavy atom. The SMILES string of the molecule is NC[C@]1(CC(=O)O)CC[C@@H](N)C1. The van der Waals surface area contributed by atoms with Crippen LogP contribution in [0.15, 0.2) is 0 Å². The van der Waals surface area contributed by atoms with E-state index < -0.39 is 5.97 Å². The van der Waals surface area contributed by atoms with Gasteiger partial charge in [-0.25, -0.2) is 0 Å². The molecule has 0 radical (unpaired) electrons. The number of nitrogens with two attached hydrogens (primary N) is 2. The Morgan fingerprint density at radius 2 is 2.33 bits per heavy atom. The molecule has 5 N–H and O–H groups in total. The molecule has 1 aliphatic rings. The molecular weight excluding hydrogens is 156 g/mol. The topological polar surface area (TPSA) is 89.3 Å². The summed E-state index contributed by atoms with van der Waals surface area (Å²) in [7, 11) is 0. The lowest BCUT2D eigenvalue weighted by Gasteiger charge is -2.24. The Balaban J connectivity index is 2.58. The summed E-state index contributed by atoms with van der Waals surface area (Å²) < 4.78 is 0. The van der Waals surface area contributed by atoms with Crippen molar-refractivity contribution in [2.75, 3.05) is 6.54 Å². The van der Waals surface area contributed by atoms with E-state index >= 15 is 0 Å². The van der Waals surface area contributed by atoms with Crippen LogP contribution in [0.2, 0.25) is 0 Å². The fraction of sp³-hybridized carbons (Fsp3) is 0.875. The van der Waals surface area contributed by atoms with E-state index in [4.69, 9.17) is 16.6 Å². The normalized spacial score (nSPS) is 35.3. The van der Waals surface area contributed by atoms with Crippen molar-refractivity contribution >= 4 is 5.97 Å². The number of carboxylic acid groups (broad SMARTS) is 1. The van der Waals surface area contributed by atoms with Crippen molar-refractivity contribution in [3.05, 3.63) is 0 Å². The van der Waals surface area contributed by atoms with Gasteiger partial charge in [-0.1, -0.05) is 0 Å². The number of rotatable bonds is 3. The minimum Gasteiger partial charge on any atom is -0.481 e. The minimum atomic E-state index is -0.769. The average molecular weight is 172 g/mol. The van der Waals surface area contributed by atoms with Gasteiger partial charge in [-0.05, 0) is 31.2 Å². The lowest BCUT2D eigenvalue weighted by atomic mass is 9.83. The van der Waals surface area contributed by atoms with Gasteiger partial charge in [0.1, 0.15) is 0 Å². The molecule has 0 unspecified atom stereocenters. The zero-order chi connectivity index (χ0) is 9.19. The van der Waals surface area contributed by atoms with Crippen molar-refractivity contribution in [2.24, 2.45) is 16.9 Å².